The molecule has 9 heavy (non-hydrogen) atoms. The van der Waals surface area contributed by atoms with E-state index in [1.54, 1.807) is 17.8 Å². The lowest BCUT2D eigenvalue weighted by Gasteiger charge is -2.04. The molecule has 1 unspecified atom stereocenters. The van der Waals surface area contributed by atoms with Crippen molar-refractivity contribution < 1.29 is 4.79 Å². The molecule has 50 valence electrons. The van der Waals surface area contributed by atoms with Crippen molar-refractivity contribution in [3.05, 3.63) is 12.2 Å². The third-order valence-corrected chi connectivity index (χ3v) is 1.85. The van der Waals surface area contributed by atoms with Crippen molar-refractivity contribution in [3.63, 3.8) is 0 Å². The van der Waals surface area contributed by atoms with E-state index < -0.39 is 0 Å². The summed E-state index contributed by atoms with van der Waals surface area (Å²) in [6, 6.07) is 0.271. The molecule has 1 amide bonds. The second-order valence-corrected chi connectivity index (χ2v) is 2.84. The van der Waals surface area contributed by atoms with E-state index in [2.05, 4.69) is 5.32 Å². The molecule has 0 bridgehead atoms. The third-order valence-electron chi connectivity index (χ3n) is 1.15. The van der Waals surface area contributed by atoms with Crippen molar-refractivity contribution in [3.8, 4) is 0 Å². The van der Waals surface area contributed by atoms with E-state index in [-0.39, 0.29) is 11.9 Å². The molecule has 0 spiro atoms. The summed E-state index contributed by atoms with van der Waals surface area (Å²) in [4.78, 5) is 10.5. The molecule has 0 fully saturated rings. The maximum Gasteiger partial charge on any atom is 0.244 e. The predicted molar refractivity (Wildman–Crippen MR) is 39.5 cm³/mol. The smallest absolute Gasteiger partial charge is 0.244 e. The molecule has 3 heteroatoms. The van der Waals surface area contributed by atoms with Gasteiger partial charge in [0.1, 0.15) is 0 Å². The Kier molecular flexibility index (Phi) is 2.16. The normalized spacial score (nSPS) is 24.6. The SMILES string of the molecule is CSCC1C=CC(=O)N1. The zero-order chi connectivity index (χ0) is 6.69. The average molecular weight is 143 g/mol. The molecule has 0 saturated carbocycles. The number of amides is 1. The van der Waals surface area contributed by atoms with Crippen molar-refractivity contribution in [1.82, 2.24) is 5.32 Å². The van der Waals surface area contributed by atoms with Crippen LogP contribution in [0, 0.1) is 0 Å². The number of rotatable bonds is 2. The van der Waals surface area contributed by atoms with Gasteiger partial charge in [-0.2, -0.15) is 11.8 Å². The average Bonchev–Trinajstić information content (AvgIpc) is 2.17. The van der Waals surface area contributed by atoms with Crippen LogP contribution in [0.2, 0.25) is 0 Å². The minimum absolute atomic E-state index is 0.0362. The van der Waals surface area contributed by atoms with E-state index in [0.29, 0.717) is 0 Å². The van der Waals surface area contributed by atoms with Gasteiger partial charge < -0.3 is 5.32 Å². The maximum absolute atomic E-state index is 10.5. The molecular weight excluding hydrogens is 134 g/mol. The standard InChI is InChI=1S/C6H9NOS/c1-9-4-5-2-3-6(8)7-5/h2-3,5H,4H2,1H3,(H,7,8). The van der Waals surface area contributed by atoms with Gasteiger partial charge >= 0.3 is 0 Å². The monoisotopic (exact) mass is 143 g/mol. The molecule has 1 aliphatic heterocycles. The number of nitrogens with one attached hydrogen (secondary N) is 1. The lowest BCUT2D eigenvalue weighted by molar-refractivity contribution is -0.116. The first-order chi connectivity index (χ1) is 4.33. The Morgan fingerprint density at radius 2 is 2.67 bits per heavy atom. The minimum atomic E-state index is 0.0362. The van der Waals surface area contributed by atoms with Gasteiger partial charge in [0.15, 0.2) is 0 Å². The molecule has 0 radical (unpaired) electrons. The molecule has 0 aromatic carbocycles. The highest BCUT2D eigenvalue weighted by molar-refractivity contribution is 7.98. The number of carbonyl (C=O) groups excluding carboxylic acids is 1. The van der Waals surface area contributed by atoms with Gasteiger partial charge in [-0.25, -0.2) is 0 Å². The van der Waals surface area contributed by atoms with Crippen LogP contribution in [0.25, 0.3) is 0 Å². The summed E-state index contributed by atoms with van der Waals surface area (Å²) < 4.78 is 0. The van der Waals surface area contributed by atoms with Gasteiger partial charge in [-0.1, -0.05) is 6.08 Å². The Labute approximate surface area is 58.7 Å². The summed E-state index contributed by atoms with van der Waals surface area (Å²) in [5, 5.41) is 2.78. The predicted octanol–water partition coefficient (Wildman–Crippen LogP) is 0.404. The molecule has 2 nitrogen and oxygen atoms in total. The van der Waals surface area contributed by atoms with Gasteiger partial charge in [-0.05, 0) is 6.26 Å². The number of carbonyl (C=O) groups is 1. The van der Waals surface area contributed by atoms with Crippen LogP contribution in [0.5, 0.6) is 0 Å². The third kappa shape index (κ3) is 1.75. The molecule has 1 N–H and O–H groups in total. The topological polar surface area (TPSA) is 29.1 Å². The molecule has 0 saturated heterocycles. The fourth-order valence-corrected chi connectivity index (χ4v) is 1.31. The highest BCUT2D eigenvalue weighted by Gasteiger charge is 2.11. The molecule has 1 aliphatic rings. The second-order valence-electron chi connectivity index (χ2n) is 1.93. The van der Waals surface area contributed by atoms with E-state index >= 15 is 0 Å². The molecule has 0 aromatic heterocycles. The lowest BCUT2D eigenvalue weighted by atomic mass is 10.4. The van der Waals surface area contributed by atoms with Crippen molar-refractivity contribution in [2.24, 2.45) is 0 Å². The van der Waals surface area contributed by atoms with Crippen molar-refractivity contribution >= 4 is 17.7 Å². The largest absolute Gasteiger partial charge is 0.346 e. The van der Waals surface area contributed by atoms with E-state index in [4.69, 9.17) is 0 Å². The zero-order valence-electron chi connectivity index (χ0n) is 5.26. The number of thioether (sulfide) groups is 1. The van der Waals surface area contributed by atoms with Crippen molar-refractivity contribution in [2.45, 2.75) is 6.04 Å². The fourth-order valence-electron chi connectivity index (χ4n) is 0.759. The van der Waals surface area contributed by atoms with E-state index in [1.807, 2.05) is 12.3 Å². The Balaban J connectivity index is 2.32. The summed E-state index contributed by atoms with van der Waals surface area (Å²) in [6.07, 6.45) is 5.51. The molecular formula is C6H9NOS. The fraction of sp³-hybridized carbons (Fsp3) is 0.500. The molecule has 1 rings (SSSR count). The van der Waals surface area contributed by atoms with E-state index in [0.717, 1.165) is 5.75 Å². The molecule has 1 heterocycles. The Hall–Kier alpha value is -0.440. The van der Waals surface area contributed by atoms with Crippen molar-refractivity contribution in [1.29, 1.82) is 0 Å². The van der Waals surface area contributed by atoms with Gasteiger partial charge in [0.05, 0.1) is 6.04 Å². The Morgan fingerprint density at radius 3 is 3.11 bits per heavy atom. The summed E-state index contributed by atoms with van der Waals surface area (Å²) >= 11 is 1.73. The highest BCUT2D eigenvalue weighted by atomic mass is 32.2. The van der Waals surface area contributed by atoms with Gasteiger partial charge in [0, 0.05) is 11.8 Å². The van der Waals surface area contributed by atoms with E-state index in [9.17, 15) is 4.79 Å². The molecule has 0 aliphatic carbocycles. The molecule has 1 atom stereocenters. The van der Waals surface area contributed by atoms with E-state index in [1.165, 1.54) is 0 Å². The first-order valence-electron chi connectivity index (χ1n) is 2.80. The van der Waals surface area contributed by atoms with Crippen LogP contribution in [-0.4, -0.2) is 24.0 Å². The van der Waals surface area contributed by atoms with Gasteiger partial charge in [-0.15, -0.1) is 0 Å². The first-order valence-corrected chi connectivity index (χ1v) is 4.20. The van der Waals surface area contributed by atoms with Crippen LogP contribution < -0.4 is 5.32 Å². The maximum atomic E-state index is 10.5. The zero-order valence-corrected chi connectivity index (χ0v) is 6.07. The highest BCUT2D eigenvalue weighted by Crippen LogP contribution is 2.02. The summed E-state index contributed by atoms with van der Waals surface area (Å²) in [5.41, 5.74) is 0. The Bertz CT molecular complexity index is 144. The number of hydrogen-bond acceptors (Lipinski definition) is 2. The van der Waals surface area contributed by atoms with Crippen LogP contribution in [0.4, 0.5) is 0 Å². The lowest BCUT2D eigenvalue weighted by Crippen LogP contribution is -2.28. The van der Waals surface area contributed by atoms with Crippen LogP contribution >= 0.6 is 11.8 Å². The quantitative estimate of drug-likeness (QED) is 0.606. The van der Waals surface area contributed by atoms with Crippen LogP contribution in [-0.2, 0) is 4.79 Å². The minimum Gasteiger partial charge on any atom is -0.346 e. The summed E-state index contributed by atoms with van der Waals surface area (Å²) in [5.74, 6) is 1.01. The Morgan fingerprint density at radius 1 is 1.89 bits per heavy atom. The van der Waals surface area contributed by atoms with Crippen LogP contribution in [0.15, 0.2) is 12.2 Å². The van der Waals surface area contributed by atoms with Gasteiger partial charge in [0.25, 0.3) is 0 Å². The van der Waals surface area contributed by atoms with Crippen LogP contribution in [0.1, 0.15) is 0 Å². The molecule has 0 aromatic rings. The van der Waals surface area contributed by atoms with Gasteiger partial charge in [-0.3, -0.25) is 4.79 Å². The summed E-state index contributed by atoms with van der Waals surface area (Å²) in [6.45, 7) is 0. The van der Waals surface area contributed by atoms with Crippen molar-refractivity contribution in [2.75, 3.05) is 12.0 Å². The first kappa shape index (κ1) is 6.68. The van der Waals surface area contributed by atoms with Crippen LogP contribution in [0.3, 0.4) is 0 Å². The van der Waals surface area contributed by atoms with Gasteiger partial charge in [0.2, 0.25) is 5.91 Å². The second kappa shape index (κ2) is 2.92. The summed E-state index contributed by atoms with van der Waals surface area (Å²) in [7, 11) is 0. The number of hydrogen-bond donors (Lipinski definition) is 1.